The van der Waals surface area contributed by atoms with Crippen molar-refractivity contribution in [2.75, 3.05) is 18.4 Å². The first-order chi connectivity index (χ1) is 11.7. The van der Waals surface area contributed by atoms with Crippen molar-refractivity contribution in [2.24, 2.45) is 5.92 Å². The number of hydrogen-bond donors (Lipinski definition) is 2. The second-order valence-corrected chi connectivity index (χ2v) is 7.29. The maximum absolute atomic E-state index is 13.1. The fraction of sp³-hybridized carbons (Fsp3) is 0.550. The maximum atomic E-state index is 13.1. The van der Waals surface area contributed by atoms with Gasteiger partial charge in [-0.3, -0.25) is 10.1 Å². The molecule has 2 atom stereocenters. The van der Waals surface area contributed by atoms with Gasteiger partial charge in [0.15, 0.2) is 0 Å². The summed E-state index contributed by atoms with van der Waals surface area (Å²) >= 11 is 0. The van der Waals surface area contributed by atoms with Gasteiger partial charge in [0, 0.05) is 23.5 Å². The molecule has 2 N–H and O–H groups in total. The van der Waals surface area contributed by atoms with Crippen LogP contribution >= 0.6 is 0 Å². The number of rotatable bonds is 3. The first-order valence-corrected chi connectivity index (χ1v) is 9.35. The van der Waals surface area contributed by atoms with E-state index < -0.39 is 0 Å². The Kier molecular flexibility index (Phi) is 4.09. The monoisotopic (exact) mass is 325 g/mol. The van der Waals surface area contributed by atoms with E-state index in [9.17, 15) is 4.79 Å². The zero-order valence-electron chi connectivity index (χ0n) is 14.5. The Hall–Kier alpha value is -1.81. The van der Waals surface area contributed by atoms with Gasteiger partial charge in [-0.1, -0.05) is 25.1 Å². The molecule has 2 aliphatic heterocycles. The average molecular weight is 325 g/mol. The minimum absolute atomic E-state index is 0.101. The fourth-order valence-corrected chi connectivity index (χ4v) is 4.96. The summed E-state index contributed by atoms with van der Waals surface area (Å²) < 4.78 is 0. The summed E-state index contributed by atoms with van der Waals surface area (Å²) in [6.45, 7) is 4.37. The molecule has 2 bridgehead atoms. The van der Waals surface area contributed by atoms with E-state index in [1.807, 2.05) is 30.3 Å². The van der Waals surface area contributed by atoms with Gasteiger partial charge in [0.2, 0.25) is 0 Å². The van der Waals surface area contributed by atoms with E-state index in [0.717, 1.165) is 50.0 Å². The van der Waals surface area contributed by atoms with Crippen molar-refractivity contribution < 1.29 is 4.79 Å². The first kappa shape index (κ1) is 15.7. The van der Waals surface area contributed by atoms with Gasteiger partial charge in [-0.05, 0) is 63.1 Å². The molecule has 128 valence electrons. The van der Waals surface area contributed by atoms with Crippen molar-refractivity contribution in [3.8, 4) is 0 Å². The predicted octanol–water partition coefficient (Wildman–Crippen LogP) is 3.48. The topological polar surface area (TPSA) is 44.4 Å². The molecule has 4 rings (SSSR count). The van der Waals surface area contributed by atoms with Crippen molar-refractivity contribution >= 4 is 11.6 Å². The zero-order chi connectivity index (χ0) is 16.6. The van der Waals surface area contributed by atoms with Crippen LogP contribution in [-0.2, 0) is 4.79 Å². The molecule has 1 aliphatic carbocycles. The summed E-state index contributed by atoms with van der Waals surface area (Å²) in [4.78, 5) is 15.6. The lowest BCUT2D eigenvalue weighted by Gasteiger charge is -2.57. The lowest BCUT2D eigenvalue weighted by molar-refractivity contribution is -0.115. The highest BCUT2D eigenvalue weighted by Crippen LogP contribution is 2.47. The molecule has 1 saturated heterocycles. The molecule has 2 fully saturated rings. The number of benzene rings is 1. The molecule has 24 heavy (non-hydrogen) atoms. The highest BCUT2D eigenvalue weighted by Gasteiger charge is 2.49. The van der Waals surface area contributed by atoms with Crippen LogP contribution in [0.25, 0.3) is 0 Å². The molecule has 4 nitrogen and oxygen atoms in total. The van der Waals surface area contributed by atoms with Crippen molar-refractivity contribution in [3.05, 3.63) is 41.6 Å². The molecule has 3 aliphatic rings. The fourth-order valence-electron chi connectivity index (χ4n) is 4.96. The Labute approximate surface area is 144 Å². The van der Waals surface area contributed by atoms with E-state index >= 15 is 0 Å². The SMILES string of the molecule is CCC1=C(C(=O)Nc2ccccc2)C2CCCC3(C2)NCCCN13. The molecule has 0 aromatic heterocycles. The zero-order valence-corrected chi connectivity index (χ0v) is 14.5. The van der Waals surface area contributed by atoms with Gasteiger partial charge in [0.1, 0.15) is 0 Å². The van der Waals surface area contributed by atoms with Gasteiger partial charge >= 0.3 is 0 Å². The number of amides is 1. The second kappa shape index (κ2) is 6.25. The number of anilines is 1. The third-order valence-corrected chi connectivity index (χ3v) is 5.91. The minimum Gasteiger partial charge on any atom is -0.356 e. The van der Waals surface area contributed by atoms with E-state index in [4.69, 9.17) is 0 Å². The lowest BCUT2D eigenvalue weighted by atomic mass is 9.71. The first-order valence-electron chi connectivity index (χ1n) is 9.35. The molecule has 1 saturated carbocycles. The molecule has 2 unspecified atom stereocenters. The van der Waals surface area contributed by atoms with E-state index in [1.165, 1.54) is 18.5 Å². The normalized spacial score (nSPS) is 29.2. The quantitative estimate of drug-likeness (QED) is 0.894. The van der Waals surface area contributed by atoms with Crippen molar-refractivity contribution in [1.82, 2.24) is 10.2 Å². The van der Waals surface area contributed by atoms with Gasteiger partial charge in [0.05, 0.1) is 5.66 Å². The van der Waals surface area contributed by atoms with Gasteiger partial charge < -0.3 is 10.2 Å². The van der Waals surface area contributed by atoms with E-state index in [-0.39, 0.29) is 11.6 Å². The highest BCUT2D eigenvalue weighted by molar-refractivity contribution is 6.04. The smallest absolute Gasteiger partial charge is 0.253 e. The maximum Gasteiger partial charge on any atom is 0.253 e. The highest BCUT2D eigenvalue weighted by atomic mass is 16.1. The molecule has 1 spiro atoms. The van der Waals surface area contributed by atoms with Gasteiger partial charge in [-0.15, -0.1) is 0 Å². The summed E-state index contributed by atoms with van der Waals surface area (Å²) in [5, 5.41) is 6.93. The van der Waals surface area contributed by atoms with Gasteiger partial charge in [0.25, 0.3) is 5.91 Å². The van der Waals surface area contributed by atoms with E-state index in [0.29, 0.717) is 5.92 Å². The van der Waals surface area contributed by atoms with Crippen LogP contribution in [-0.4, -0.2) is 29.6 Å². The molecule has 0 radical (unpaired) electrons. The molecule has 1 aromatic carbocycles. The number of carbonyl (C=O) groups is 1. The molecular weight excluding hydrogens is 298 g/mol. The van der Waals surface area contributed by atoms with Crippen molar-refractivity contribution in [3.63, 3.8) is 0 Å². The van der Waals surface area contributed by atoms with Crippen molar-refractivity contribution in [2.45, 2.75) is 51.1 Å². The number of carbonyl (C=O) groups excluding carboxylic acids is 1. The largest absolute Gasteiger partial charge is 0.356 e. The van der Waals surface area contributed by atoms with Gasteiger partial charge in [-0.25, -0.2) is 0 Å². The van der Waals surface area contributed by atoms with Crippen LogP contribution in [0.1, 0.15) is 45.4 Å². The van der Waals surface area contributed by atoms with Crippen LogP contribution in [0.3, 0.4) is 0 Å². The molecular formula is C20H27N3O. The average Bonchev–Trinajstić information content (AvgIpc) is 2.61. The van der Waals surface area contributed by atoms with Crippen LogP contribution in [0.15, 0.2) is 41.6 Å². The third-order valence-electron chi connectivity index (χ3n) is 5.91. The van der Waals surface area contributed by atoms with Crippen LogP contribution in [0, 0.1) is 5.92 Å². The Morgan fingerprint density at radius 1 is 1.33 bits per heavy atom. The molecule has 2 heterocycles. The Morgan fingerprint density at radius 2 is 2.17 bits per heavy atom. The second-order valence-electron chi connectivity index (χ2n) is 7.29. The Balaban J connectivity index is 1.70. The van der Waals surface area contributed by atoms with Crippen molar-refractivity contribution in [1.29, 1.82) is 0 Å². The lowest BCUT2D eigenvalue weighted by Crippen LogP contribution is -2.66. The van der Waals surface area contributed by atoms with E-state index in [1.54, 1.807) is 0 Å². The number of para-hydroxylation sites is 1. The van der Waals surface area contributed by atoms with Gasteiger partial charge in [-0.2, -0.15) is 0 Å². The van der Waals surface area contributed by atoms with Crippen LogP contribution in [0.4, 0.5) is 5.69 Å². The van der Waals surface area contributed by atoms with Crippen LogP contribution in [0.2, 0.25) is 0 Å². The Morgan fingerprint density at radius 3 is 2.96 bits per heavy atom. The molecule has 1 aromatic rings. The number of hydrogen-bond acceptors (Lipinski definition) is 3. The number of nitrogens with one attached hydrogen (secondary N) is 2. The van der Waals surface area contributed by atoms with Crippen LogP contribution in [0.5, 0.6) is 0 Å². The molecule has 4 heteroatoms. The number of fused-ring (bicyclic) bond motifs is 1. The van der Waals surface area contributed by atoms with Crippen LogP contribution < -0.4 is 10.6 Å². The summed E-state index contributed by atoms with van der Waals surface area (Å²) in [7, 11) is 0. The summed E-state index contributed by atoms with van der Waals surface area (Å²) in [5.41, 5.74) is 3.31. The summed E-state index contributed by atoms with van der Waals surface area (Å²) in [6, 6.07) is 9.82. The van der Waals surface area contributed by atoms with E-state index in [2.05, 4.69) is 22.5 Å². The Bertz CT molecular complexity index is 650. The summed E-state index contributed by atoms with van der Waals surface area (Å²) in [5.74, 6) is 0.489. The molecule has 1 amide bonds. The number of allylic oxidation sites excluding steroid dienone is 1. The number of nitrogens with zero attached hydrogens (tertiary/aromatic N) is 1. The predicted molar refractivity (Wildman–Crippen MR) is 96.4 cm³/mol. The summed E-state index contributed by atoms with van der Waals surface area (Å²) in [6.07, 6.45) is 6.71. The third kappa shape index (κ3) is 2.53. The standard InChI is InChI=1S/C20H27N3O/c1-2-17-18(19(24)22-16-9-4-3-5-10-16)15-8-6-11-20(14-15)21-12-7-13-23(17)20/h3-5,9-10,15,21H,2,6-8,11-14H2,1H3,(H,22,24). The minimum atomic E-state index is 0.101.